The zero-order chi connectivity index (χ0) is 14.0. The van der Waals surface area contributed by atoms with E-state index in [-0.39, 0.29) is 5.41 Å². The van der Waals surface area contributed by atoms with Crippen molar-refractivity contribution in [3.8, 4) is 11.5 Å². The van der Waals surface area contributed by atoms with Crippen LogP contribution in [0.3, 0.4) is 0 Å². The van der Waals surface area contributed by atoms with Gasteiger partial charge in [-0.25, -0.2) is 0 Å². The van der Waals surface area contributed by atoms with Gasteiger partial charge < -0.3 is 15.2 Å². The molecule has 0 saturated carbocycles. The summed E-state index contributed by atoms with van der Waals surface area (Å²) in [5.41, 5.74) is 7.16. The fraction of sp³-hybridized carbons (Fsp3) is 0.600. The van der Waals surface area contributed by atoms with E-state index in [2.05, 4.69) is 44.9 Å². The summed E-state index contributed by atoms with van der Waals surface area (Å²) >= 11 is 0. The molecule has 0 radical (unpaired) electrons. The molecule has 19 heavy (non-hydrogen) atoms. The highest BCUT2D eigenvalue weighted by atomic mass is 16.7. The molecular formula is C15H24N2O2. The second-order valence-electron chi connectivity index (χ2n) is 6.07. The van der Waals surface area contributed by atoms with Crippen LogP contribution in [0.1, 0.15) is 32.4 Å². The molecule has 2 N–H and O–H groups in total. The van der Waals surface area contributed by atoms with E-state index in [4.69, 9.17) is 15.2 Å². The normalized spacial score (nSPS) is 15.9. The molecule has 106 valence electrons. The average molecular weight is 264 g/mol. The average Bonchev–Trinajstić information content (AvgIpc) is 2.84. The summed E-state index contributed by atoms with van der Waals surface area (Å²) in [4.78, 5) is 2.32. The Morgan fingerprint density at radius 3 is 2.68 bits per heavy atom. The van der Waals surface area contributed by atoms with E-state index in [1.165, 1.54) is 5.56 Å². The predicted octanol–water partition coefficient (Wildman–Crippen LogP) is 2.39. The molecule has 0 amide bonds. The van der Waals surface area contributed by atoms with Crippen LogP contribution in [-0.2, 0) is 0 Å². The fourth-order valence-corrected chi connectivity index (χ4v) is 2.30. The van der Waals surface area contributed by atoms with E-state index in [1.54, 1.807) is 0 Å². The van der Waals surface area contributed by atoms with Gasteiger partial charge in [0.05, 0.1) is 0 Å². The van der Waals surface area contributed by atoms with Gasteiger partial charge in [0.15, 0.2) is 11.5 Å². The lowest BCUT2D eigenvalue weighted by atomic mass is 9.92. The van der Waals surface area contributed by atoms with E-state index in [0.717, 1.165) is 18.0 Å². The van der Waals surface area contributed by atoms with Crippen LogP contribution >= 0.6 is 0 Å². The van der Waals surface area contributed by atoms with E-state index in [0.29, 0.717) is 19.4 Å². The number of benzene rings is 1. The number of nitrogens with two attached hydrogens (primary N) is 1. The molecule has 1 heterocycles. The lowest BCUT2D eigenvalue weighted by Gasteiger charge is -2.33. The van der Waals surface area contributed by atoms with Crippen LogP contribution in [0.5, 0.6) is 11.5 Å². The highest BCUT2D eigenvalue weighted by Gasteiger charge is 2.23. The number of fused-ring (bicyclic) bond motifs is 1. The van der Waals surface area contributed by atoms with Gasteiger partial charge in [0.25, 0.3) is 0 Å². The Labute approximate surface area is 115 Å². The number of ether oxygens (including phenoxy) is 2. The van der Waals surface area contributed by atoms with Crippen molar-refractivity contribution in [2.24, 2.45) is 11.1 Å². The molecule has 0 fully saturated rings. The molecule has 0 aliphatic carbocycles. The molecule has 0 spiro atoms. The number of hydrogen-bond acceptors (Lipinski definition) is 4. The molecule has 1 aliphatic rings. The Kier molecular flexibility index (Phi) is 4.02. The van der Waals surface area contributed by atoms with E-state index >= 15 is 0 Å². The lowest BCUT2D eigenvalue weighted by Crippen LogP contribution is -2.37. The topological polar surface area (TPSA) is 47.7 Å². The Morgan fingerprint density at radius 1 is 1.32 bits per heavy atom. The minimum absolute atomic E-state index is 0.124. The first kappa shape index (κ1) is 14.2. The van der Waals surface area contributed by atoms with Crippen LogP contribution in [-0.4, -0.2) is 31.8 Å². The lowest BCUT2D eigenvalue weighted by molar-refractivity contribution is 0.171. The maximum Gasteiger partial charge on any atom is 0.231 e. The molecule has 2 rings (SSSR count). The molecule has 1 aliphatic heterocycles. The van der Waals surface area contributed by atoms with Gasteiger partial charge in [-0.15, -0.1) is 0 Å². The number of hydrogen-bond donors (Lipinski definition) is 1. The fourth-order valence-electron chi connectivity index (χ4n) is 2.30. The van der Waals surface area contributed by atoms with Crippen LogP contribution in [0.2, 0.25) is 0 Å². The van der Waals surface area contributed by atoms with E-state index < -0.39 is 0 Å². The van der Waals surface area contributed by atoms with Crippen molar-refractivity contribution in [2.75, 3.05) is 26.9 Å². The first-order valence-electron chi connectivity index (χ1n) is 6.73. The van der Waals surface area contributed by atoms with E-state index in [1.807, 2.05) is 6.07 Å². The Morgan fingerprint density at radius 2 is 2.00 bits per heavy atom. The summed E-state index contributed by atoms with van der Waals surface area (Å²) < 4.78 is 10.8. The third kappa shape index (κ3) is 3.19. The largest absolute Gasteiger partial charge is 0.454 e. The van der Waals surface area contributed by atoms with Gasteiger partial charge in [0.1, 0.15) is 0 Å². The molecule has 1 unspecified atom stereocenters. The minimum atomic E-state index is 0.124. The maximum absolute atomic E-state index is 5.80. The third-order valence-electron chi connectivity index (χ3n) is 3.77. The number of rotatable bonds is 5. The van der Waals surface area contributed by atoms with Gasteiger partial charge in [0, 0.05) is 12.6 Å². The first-order valence-corrected chi connectivity index (χ1v) is 6.73. The van der Waals surface area contributed by atoms with Gasteiger partial charge in [-0.05, 0) is 43.6 Å². The van der Waals surface area contributed by atoms with Crippen molar-refractivity contribution in [1.82, 2.24) is 4.90 Å². The molecule has 0 saturated heterocycles. The van der Waals surface area contributed by atoms with Crippen molar-refractivity contribution in [2.45, 2.75) is 26.8 Å². The summed E-state index contributed by atoms with van der Waals surface area (Å²) in [5.74, 6) is 1.68. The third-order valence-corrected chi connectivity index (χ3v) is 3.77. The SMILES string of the molecule is CC(c1ccc2c(c1)OCO2)N(C)CC(C)(C)CN. The Hall–Kier alpha value is -1.26. The van der Waals surface area contributed by atoms with E-state index in [9.17, 15) is 0 Å². The van der Waals surface area contributed by atoms with Gasteiger partial charge in [-0.2, -0.15) is 0 Å². The first-order chi connectivity index (χ1) is 8.93. The molecule has 4 nitrogen and oxygen atoms in total. The van der Waals surface area contributed by atoms with Gasteiger partial charge in [-0.3, -0.25) is 4.90 Å². The summed E-state index contributed by atoms with van der Waals surface area (Å²) in [6, 6.07) is 6.47. The standard InChI is InChI=1S/C15H24N2O2/c1-11(17(4)9-15(2,3)8-16)12-5-6-13-14(7-12)19-10-18-13/h5-7,11H,8-10,16H2,1-4H3. The molecule has 0 bridgehead atoms. The summed E-state index contributed by atoms with van der Waals surface area (Å²) in [6.45, 7) is 8.55. The predicted molar refractivity (Wildman–Crippen MR) is 76.4 cm³/mol. The zero-order valence-corrected chi connectivity index (χ0v) is 12.3. The number of nitrogens with zero attached hydrogens (tertiary/aromatic N) is 1. The molecule has 4 heteroatoms. The van der Waals surface area contributed by atoms with Gasteiger partial charge >= 0.3 is 0 Å². The van der Waals surface area contributed by atoms with Crippen molar-refractivity contribution in [3.63, 3.8) is 0 Å². The van der Waals surface area contributed by atoms with Crippen molar-refractivity contribution in [1.29, 1.82) is 0 Å². The summed E-state index contributed by atoms with van der Waals surface area (Å²) in [6.07, 6.45) is 0. The van der Waals surface area contributed by atoms with Crippen LogP contribution in [0.4, 0.5) is 0 Å². The second kappa shape index (κ2) is 5.39. The van der Waals surface area contributed by atoms with Crippen molar-refractivity contribution < 1.29 is 9.47 Å². The summed E-state index contributed by atoms with van der Waals surface area (Å²) in [7, 11) is 2.13. The van der Waals surface area contributed by atoms with Crippen LogP contribution in [0.25, 0.3) is 0 Å². The zero-order valence-electron chi connectivity index (χ0n) is 12.3. The quantitative estimate of drug-likeness (QED) is 0.887. The molecular weight excluding hydrogens is 240 g/mol. The van der Waals surface area contributed by atoms with Crippen LogP contribution < -0.4 is 15.2 Å². The highest BCUT2D eigenvalue weighted by molar-refractivity contribution is 5.45. The molecule has 1 aromatic carbocycles. The smallest absolute Gasteiger partial charge is 0.231 e. The van der Waals surface area contributed by atoms with Gasteiger partial charge in [0.2, 0.25) is 6.79 Å². The van der Waals surface area contributed by atoms with Crippen LogP contribution in [0, 0.1) is 5.41 Å². The molecule has 1 aromatic rings. The Balaban J connectivity index is 2.09. The second-order valence-corrected chi connectivity index (χ2v) is 6.07. The van der Waals surface area contributed by atoms with Crippen molar-refractivity contribution in [3.05, 3.63) is 23.8 Å². The highest BCUT2D eigenvalue weighted by Crippen LogP contribution is 2.35. The Bertz CT molecular complexity index is 446. The molecule has 0 aromatic heterocycles. The molecule has 1 atom stereocenters. The maximum atomic E-state index is 5.80. The van der Waals surface area contributed by atoms with Gasteiger partial charge in [-0.1, -0.05) is 19.9 Å². The van der Waals surface area contributed by atoms with Crippen molar-refractivity contribution >= 4 is 0 Å². The monoisotopic (exact) mass is 264 g/mol. The van der Waals surface area contributed by atoms with Crippen LogP contribution in [0.15, 0.2) is 18.2 Å². The summed E-state index contributed by atoms with van der Waals surface area (Å²) in [5, 5.41) is 0. The minimum Gasteiger partial charge on any atom is -0.454 e.